The Hall–Kier alpha value is -1.42. The number of rotatable bonds is 2. The Morgan fingerprint density at radius 2 is 2.08 bits per heavy atom. The average Bonchev–Trinajstić information content (AvgIpc) is 2.88. The summed E-state index contributed by atoms with van der Waals surface area (Å²) < 4.78 is 5.49. The fourth-order valence-electron chi connectivity index (χ4n) is 6.45. The van der Waals surface area contributed by atoms with Gasteiger partial charge < -0.3 is 9.84 Å². The molecular weight excluding hydrogens is 316 g/mol. The van der Waals surface area contributed by atoms with E-state index in [1.807, 2.05) is 6.08 Å². The summed E-state index contributed by atoms with van der Waals surface area (Å²) in [6, 6.07) is 0. The average molecular weight is 344 g/mol. The molecule has 4 rings (SSSR count). The topological polar surface area (TPSA) is 63.6 Å². The van der Waals surface area contributed by atoms with Crippen molar-refractivity contribution in [3.05, 3.63) is 23.8 Å². The first-order valence-electron chi connectivity index (χ1n) is 9.62. The second kappa shape index (κ2) is 5.80. The van der Waals surface area contributed by atoms with Crippen LogP contribution < -0.4 is 0 Å². The largest absolute Gasteiger partial charge is 0.465 e. The lowest BCUT2D eigenvalue weighted by molar-refractivity contribution is -0.146. The van der Waals surface area contributed by atoms with Crippen molar-refractivity contribution in [3.8, 4) is 0 Å². The number of esters is 1. The van der Waals surface area contributed by atoms with Crippen molar-refractivity contribution in [2.75, 3.05) is 6.61 Å². The Balaban J connectivity index is 1.71. The minimum Gasteiger partial charge on any atom is -0.465 e. The number of carbonyl (C=O) groups excluding carboxylic acids is 2. The van der Waals surface area contributed by atoms with E-state index in [1.165, 1.54) is 6.92 Å². The quantitative estimate of drug-likeness (QED) is 0.782. The number of aliphatic hydroxyl groups excluding tert-OH is 1. The second-order valence-electron chi connectivity index (χ2n) is 8.78. The normalized spacial score (nSPS) is 45.2. The number of hydrogen-bond donors (Lipinski definition) is 1. The maximum Gasteiger partial charge on any atom is 0.302 e. The van der Waals surface area contributed by atoms with Gasteiger partial charge in [-0.3, -0.25) is 9.59 Å². The molecule has 3 fully saturated rings. The van der Waals surface area contributed by atoms with E-state index in [0.717, 1.165) is 44.1 Å². The molecule has 0 aromatic rings. The van der Waals surface area contributed by atoms with Crippen LogP contribution in [-0.2, 0) is 14.3 Å². The molecule has 6 atom stereocenters. The van der Waals surface area contributed by atoms with Crippen molar-refractivity contribution in [2.45, 2.75) is 58.5 Å². The van der Waals surface area contributed by atoms with E-state index in [4.69, 9.17) is 4.74 Å². The molecule has 136 valence electrons. The van der Waals surface area contributed by atoms with Gasteiger partial charge in [-0.05, 0) is 73.8 Å². The fourth-order valence-corrected chi connectivity index (χ4v) is 6.45. The van der Waals surface area contributed by atoms with Crippen LogP contribution in [0.25, 0.3) is 0 Å². The third-order valence-electron chi connectivity index (χ3n) is 7.77. The monoisotopic (exact) mass is 344 g/mol. The first-order chi connectivity index (χ1) is 11.9. The molecule has 4 heteroatoms. The van der Waals surface area contributed by atoms with Gasteiger partial charge >= 0.3 is 5.97 Å². The molecule has 0 bridgehead atoms. The van der Waals surface area contributed by atoms with Gasteiger partial charge in [-0.25, -0.2) is 0 Å². The molecule has 4 aliphatic carbocycles. The fraction of sp³-hybridized carbons (Fsp3) is 0.714. The van der Waals surface area contributed by atoms with Crippen LogP contribution in [0, 0.1) is 28.6 Å². The summed E-state index contributed by atoms with van der Waals surface area (Å²) in [6.07, 6.45) is 11.3. The van der Waals surface area contributed by atoms with E-state index in [1.54, 1.807) is 12.2 Å². The maximum absolute atomic E-state index is 11.9. The molecular formula is C21H28O4. The Kier molecular flexibility index (Phi) is 3.95. The SMILES string of the molecule is CC(=O)OC[C@]12C=CC(=O)C=C1CC[C@H]1[C@@H]3CC[C@H](O)[C@@]3(C)CC[C@@H]12. The van der Waals surface area contributed by atoms with E-state index < -0.39 is 0 Å². The van der Waals surface area contributed by atoms with Crippen molar-refractivity contribution in [1.82, 2.24) is 0 Å². The molecule has 25 heavy (non-hydrogen) atoms. The minimum absolute atomic E-state index is 0.0270. The number of aliphatic hydroxyl groups is 1. The molecule has 4 nitrogen and oxygen atoms in total. The van der Waals surface area contributed by atoms with Gasteiger partial charge in [0.05, 0.1) is 6.10 Å². The number of ether oxygens (including phenoxy) is 1. The van der Waals surface area contributed by atoms with Gasteiger partial charge in [-0.2, -0.15) is 0 Å². The van der Waals surface area contributed by atoms with Crippen LogP contribution in [0.2, 0.25) is 0 Å². The van der Waals surface area contributed by atoms with Crippen LogP contribution >= 0.6 is 0 Å². The Morgan fingerprint density at radius 3 is 2.84 bits per heavy atom. The first kappa shape index (κ1) is 17.0. The lowest BCUT2D eigenvalue weighted by Crippen LogP contribution is -2.53. The van der Waals surface area contributed by atoms with Gasteiger partial charge in [0, 0.05) is 12.3 Å². The zero-order chi connectivity index (χ0) is 17.8. The molecule has 0 spiro atoms. The summed E-state index contributed by atoms with van der Waals surface area (Å²) in [5.41, 5.74) is 0.848. The molecule has 0 aromatic heterocycles. The third kappa shape index (κ3) is 2.44. The molecule has 0 saturated heterocycles. The number of hydrogen-bond acceptors (Lipinski definition) is 4. The van der Waals surface area contributed by atoms with Gasteiger partial charge in [0.25, 0.3) is 0 Å². The lowest BCUT2D eigenvalue weighted by atomic mass is 9.48. The number of ketones is 1. The molecule has 4 aliphatic rings. The third-order valence-corrected chi connectivity index (χ3v) is 7.77. The zero-order valence-electron chi connectivity index (χ0n) is 15.2. The van der Waals surface area contributed by atoms with Crippen LogP contribution in [0.5, 0.6) is 0 Å². The van der Waals surface area contributed by atoms with E-state index in [2.05, 4.69) is 6.92 Å². The summed E-state index contributed by atoms with van der Waals surface area (Å²) >= 11 is 0. The minimum atomic E-state index is -0.322. The van der Waals surface area contributed by atoms with Crippen LogP contribution in [0.4, 0.5) is 0 Å². The maximum atomic E-state index is 11.9. The smallest absolute Gasteiger partial charge is 0.302 e. The molecule has 0 aromatic carbocycles. The molecule has 0 radical (unpaired) electrons. The Morgan fingerprint density at radius 1 is 1.28 bits per heavy atom. The zero-order valence-corrected chi connectivity index (χ0v) is 15.2. The number of fused-ring (bicyclic) bond motifs is 5. The van der Waals surface area contributed by atoms with E-state index in [-0.39, 0.29) is 28.7 Å². The van der Waals surface area contributed by atoms with Gasteiger partial charge in [-0.15, -0.1) is 0 Å². The van der Waals surface area contributed by atoms with Gasteiger partial charge in [0.15, 0.2) is 5.78 Å². The van der Waals surface area contributed by atoms with Gasteiger partial charge in [-0.1, -0.05) is 18.6 Å². The summed E-state index contributed by atoms with van der Waals surface area (Å²) in [4.78, 5) is 23.4. The highest BCUT2D eigenvalue weighted by molar-refractivity contribution is 6.01. The molecule has 0 amide bonds. The molecule has 0 unspecified atom stereocenters. The molecule has 3 saturated carbocycles. The van der Waals surface area contributed by atoms with Gasteiger partial charge in [0.1, 0.15) is 6.61 Å². The highest BCUT2D eigenvalue weighted by Crippen LogP contribution is 2.64. The molecule has 0 heterocycles. The second-order valence-corrected chi connectivity index (χ2v) is 8.78. The summed E-state index contributed by atoms with van der Waals surface area (Å²) in [5, 5.41) is 10.5. The standard InChI is InChI=1S/C21H28O4/c1-13(22)25-12-21-10-7-15(23)11-14(21)3-4-16-17-5-6-19(24)20(17,2)9-8-18(16)21/h7,10-11,16-19,24H,3-6,8-9,12H2,1-2H3/t16-,17-,18-,19-,20-,21+/m0/s1. The highest BCUT2D eigenvalue weighted by atomic mass is 16.5. The van der Waals surface area contributed by atoms with E-state index in [9.17, 15) is 14.7 Å². The van der Waals surface area contributed by atoms with Crippen LogP contribution in [0.1, 0.15) is 52.4 Å². The van der Waals surface area contributed by atoms with E-state index >= 15 is 0 Å². The van der Waals surface area contributed by atoms with Crippen molar-refractivity contribution in [1.29, 1.82) is 0 Å². The summed E-state index contributed by atoms with van der Waals surface area (Å²) in [6.45, 7) is 4.05. The highest BCUT2D eigenvalue weighted by Gasteiger charge is 2.59. The number of carbonyl (C=O) groups is 2. The molecule has 1 N–H and O–H groups in total. The van der Waals surface area contributed by atoms with Gasteiger partial charge in [0.2, 0.25) is 0 Å². The number of allylic oxidation sites excluding steroid dienone is 2. The lowest BCUT2D eigenvalue weighted by Gasteiger charge is -2.57. The summed E-state index contributed by atoms with van der Waals surface area (Å²) in [7, 11) is 0. The van der Waals surface area contributed by atoms with Crippen LogP contribution in [-0.4, -0.2) is 29.6 Å². The predicted molar refractivity (Wildman–Crippen MR) is 93.6 cm³/mol. The van der Waals surface area contributed by atoms with Crippen molar-refractivity contribution in [2.24, 2.45) is 28.6 Å². The van der Waals surface area contributed by atoms with Crippen molar-refractivity contribution >= 4 is 11.8 Å². The van der Waals surface area contributed by atoms with Crippen molar-refractivity contribution in [3.63, 3.8) is 0 Å². The van der Waals surface area contributed by atoms with Crippen LogP contribution in [0.15, 0.2) is 23.8 Å². The van der Waals surface area contributed by atoms with Crippen molar-refractivity contribution < 1.29 is 19.4 Å². The van der Waals surface area contributed by atoms with Crippen LogP contribution in [0.3, 0.4) is 0 Å². The predicted octanol–water partition coefficient (Wildman–Crippen LogP) is 3.20. The Bertz CT molecular complexity index is 663. The summed E-state index contributed by atoms with van der Waals surface area (Å²) in [5.74, 6) is 1.23. The molecule has 0 aliphatic heterocycles. The first-order valence-corrected chi connectivity index (χ1v) is 9.62. The van der Waals surface area contributed by atoms with E-state index in [0.29, 0.717) is 24.4 Å². The Labute approximate surface area is 149 Å².